The summed E-state index contributed by atoms with van der Waals surface area (Å²) in [5, 5.41) is 20.8. The van der Waals surface area contributed by atoms with E-state index in [1.807, 2.05) is 0 Å². The quantitative estimate of drug-likeness (QED) is 0.440. The summed E-state index contributed by atoms with van der Waals surface area (Å²) >= 11 is 0. The molecule has 0 radical (unpaired) electrons. The maximum Gasteiger partial charge on any atom is 0.155 e. The van der Waals surface area contributed by atoms with Gasteiger partial charge in [-0.1, -0.05) is 12.8 Å². The minimum atomic E-state index is -1.02. The van der Waals surface area contributed by atoms with E-state index in [-0.39, 0.29) is 17.1 Å². The number of carbonyl (C=O) groups excluding carboxylic acids is 1. The Kier molecular flexibility index (Phi) is 3.52. The normalized spacial score (nSPS) is 50.3. The molecule has 0 aliphatic heterocycles. The lowest BCUT2D eigenvalue weighted by Gasteiger charge is -2.57. The number of rotatable bonds is 1. The maximum absolute atomic E-state index is 11.8. The highest BCUT2D eigenvalue weighted by Gasteiger charge is 2.65. The number of carbonyl (C=O) groups is 1. The van der Waals surface area contributed by atoms with E-state index in [2.05, 4.69) is 12.8 Å². The van der Waals surface area contributed by atoms with E-state index in [0.717, 1.165) is 37.7 Å². The maximum atomic E-state index is 11.8. The molecular weight excluding hydrogens is 304 g/mol. The molecule has 2 N–H and O–H groups in total. The molecule has 4 rings (SSSR count). The van der Waals surface area contributed by atoms with Crippen molar-refractivity contribution in [2.75, 3.05) is 0 Å². The van der Waals surface area contributed by atoms with Crippen molar-refractivity contribution >= 4 is 5.78 Å². The third-order valence-electron chi connectivity index (χ3n) is 7.96. The van der Waals surface area contributed by atoms with E-state index in [9.17, 15) is 15.2 Å². The first-order valence-corrected chi connectivity index (χ1v) is 9.17. The topological polar surface area (TPSA) is 66.8 Å². The standard InChI is InChI=1S/C20H26O4/c1-3-19(22)10-8-16-15-5-4-13-12-14(21)6-11-20(13,24-23)17(15)7-9-18(16,19)2/h1,12,15-17,22-23H,4-11H2,2H3/t15?,16?,17?,18-,19-,20+/m0/s1. The van der Waals surface area contributed by atoms with Crippen LogP contribution in [0.15, 0.2) is 11.6 Å². The number of fused-ring (bicyclic) bond motifs is 5. The second-order valence-electron chi connectivity index (χ2n) is 8.53. The van der Waals surface area contributed by atoms with Crippen LogP contribution in [0.3, 0.4) is 0 Å². The monoisotopic (exact) mass is 330 g/mol. The van der Waals surface area contributed by atoms with Gasteiger partial charge in [0.1, 0.15) is 11.2 Å². The SMILES string of the molecule is C#C[C@]1(O)CCC2C3CCC4=CC(=O)CC[C@]4(OO)C3CC[C@@]21C. The summed E-state index contributed by atoms with van der Waals surface area (Å²) in [5.41, 5.74) is -1.01. The van der Waals surface area contributed by atoms with Crippen molar-refractivity contribution in [2.24, 2.45) is 23.2 Å². The minimum absolute atomic E-state index is 0.138. The minimum Gasteiger partial charge on any atom is -0.377 e. The smallest absolute Gasteiger partial charge is 0.155 e. The third kappa shape index (κ3) is 1.84. The largest absolute Gasteiger partial charge is 0.377 e. The van der Waals surface area contributed by atoms with E-state index in [0.29, 0.717) is 31.1 Å². The number of hydrogen-bond acceptors (Lipinski definition) is 4. The summed E-state index contributed by atoms with van der Waals surface area (Å²) < 4.78 is 0. The lowest BCUT2D eigenvalue weighted by molar-refractivity contribution is -0.342. The van der Waals surface area contributed by atoms with Gasteiger partial charge in [-0.25, -0.2) is 4.89 Å². The van der Waals surface area contributed by atoms with Gasteiger partial charge < -0.3 is 5.11 Å². The third-order valence-corrected chi connectivity index (χ3v) is 7.96. The molecule has 0 saturated heterocycles. The van der Waals surface area contributed by atoms with Gasteiger partial charge in [0, 0.05) is 11.8 Å². The van der Waals surface area contributed by atoms with E-state index >= 15 is 0 Å². The highest BCUT2D eigenvalue weighted by Crippen LogP contribution is 2.65. The van der Waals surface area contributed by atoms with E-state index in [4.69, 9.17) is 11.3 Å². The Morgan fingerprint density at radius 2 is 1.96 bits per heavy atom. The molecule has 4 nitrogen and oxygen atoms in total. The van der Waals surface area contributed by atoms with Gasteiger partial charge in [-0.05, 0) is 74.3 Å². The molecule has 4 aliphatic rings. The van der Waals surface area contributed by atoms with Crippen LogP contribution in [0.4, 0.5) is 0 Å². The van der Waals surface area contributed by atoms with Gasteiger partial charge in [-0.2, -0.15) is 0 Å². The summed E-state index contributed by atoms with van der Waals surface area (Å²) in [6, 6.07) is 0. The summed E-state index contributed by atoms with van der Waals surface area (Å²) in [5.74, 6) is 3.75. The van der Waals surface area contributed by atoms with Gasteiger partial charge in [0.25, 0.3) is 0 Å². The molecule has 4 aliphatic carbocycles. The van der Waals surface area contributed by atoms with Gasteiger partial charge in [0.15, 0.2) is 5.78 Å². The van der Waals surface area contributed by atoms with Crippen LogP contribution in [-0.4, -0.2) is 27.3 Å². The molecule has 0 aromatic carbocycles. The molecule has 130 valence electrons. The van der Waals surface area contributed by atoms with Crippen LogP contribution in [0.25, 0.3) is 0 Å². The predicted molar refractivity (Wildman–Crippen MR) is 88.8 cm³/mol. The molecule has 0 aromatic heterocycles. The second-order valence-corrected chi connectivity index (χ2v) is 8.53. The highest BCUT2D eigenvalue weighted by atomic mass is 17.1. The average molecular weight is 330 g/mol. The van der Waals surface area contributed by atoms with Gasteiger partial charge in [-0.15, -0.1) is 6.42 Å². The molecule has 0 heterocycles. The molecular formula is C20H26O4. The van der Waals surface area contributed by atoms with Crippen LogP contribution in [0, 0.1) is 35.5 Å². The Morgan fingerprint density at radius 3 is 2.67 bits per heavy atom. The zero-order valence-corrected chi connectivity index (χ0v) is 14.3. The molecule has 6 atom stereocenters. The Hall–Kier alpha value is -1.15. The number of aliphatic hydroxyl groups is 1. The van der Waals surface area contributed by atoms with Crippen LogP contribution in [0.1, 0.15) is 58.3 Å². The zero-order chi connectivity index (χ0) is 17.2. The summed E-state index contributed by atoms with van der Waals surface area (Å²) in [6.07, 6.45) is 13.5. The summed E-state index contributed by atoms with van der Waals surface area (Å²) in [4.78, 5) is 17.0. The van der Waals surface area contributed by atoms with Gasteiger partial charge in [0.2, 0.25) is 0 Å². The first kappa shape index (κ1) is 16.3. The van der Waals surface area contributed by atoms with Crippen molar-refractivity contribution < 1.29 is 20.0 Å². The second kappa shape index (κ2) is 5.17. The number of terminal acetylenes is 1. The molecule has 0 spiro atoms. The Labute approximate surface area is 143 Å². The van der Waals surface area contributed by atoms with Crippen molar-refractivity contribution in [3.05, 3.63) is 11.6 Å². The Balaban J connectivity index is 1.72. The number of hydrogen-bond donors (Lipinski definition) is 2. The lowest BCUT2D eigenvalue weighted by Crippen LogP contribution is -2.58. The van der Waals surface area contributed by atoms with Gasteiger partial charge >= 0.3 is 0 Å². The molecule has 3 saturated carbocycles. The van der Waals surface area contributed by atoms with E-state index < -0.39 is 11.2 Å². The van der Waals surface area contributed by atoms with Gasteiger partial charge in [0.05, 0.1) is 0 Å². The zero-order valence-electron chi connectivity index (χ0n) is 14.3. The molecule has 0 bridgehead atoms. The van der Waals surface area contributed by atoms with Crippen molar-refractivity contribution in [2.45, 2.75) is 69.5 Å². The average Bonchev–Trinajstić information content (AvgIpc) is 2.86. The van der Waals surface area contributed by atoms with Crippen LogP contribution in [-0.2, 0) is 9.68 Å². The van der Waals surface area contributed by atoms with E-state index in [1.54, 1.807) is 6.08 Å². The van der Waals surface area contributed by atoms with Crippen molar-refractivity contribution in [3.63, 3.8) is 0 Å². The predicted octanol–water partition coefficient (Wildman–Crippen LogP) is 3.10. The summed E-state index contributed by atoms with van der Waals surface area (Å²) in [7, 11) is 0. The molecule has 3 fully saturated rings. The van der Waals surface area contributed by atoms with Crippen LogP contribution in [0.2, 0.25) is 0 Å². The fourth-order valence-corrected chi connectivity index (χ4v) is 6.58. The fourth-order valence-electron chi connectivity index (χ4n) is 6.58. The van der Waals surface area contributed by atoms with Crippen molar-refractivity contribution in [3.8, 4) is 12.3 Å². The molecule has 3 unspecified atom stereocenters. The number of ketones is 1. The molecule has 0 amide bonds. The first-order chi connectivity index (χ1) is 11.4. The van der Waals surface area contributed by atoms with Gasteiger partial charge in [-0.3, -0.25) is 10.1 Å². The summed E-state index contributed by atoms with van der Waals surface area (Å²) in [6.45, 7) is 2.14. The van der Waals surface area contributed by atoms with Crippen LogP contribution >= 0.6 is 0 Å². The first-order valence-electron chi connectivity index (χ1n) is 9.17. The Morgan fingerprint density at radius 1 is 1.21 bits per heavy atom. The van der Waals surface area contributed by atoms with Crippen LogP contribution < -0.4 is 0 Å². The van der Waals surface area contributed by atoms with Crippen molar-refractivity contribution in [1.82, 2.24) is 0 Å². The Bertz CT molecular complexity index is 647. The molecule has 24 heavy (non-hydrogen) atoms. The van der Waals surface area contributed by atoms with Crippen molar-refractivity contribution in [1.29, 1.82) is 0 Å². The lowest BCUT2D eigenvalue weighted by atomic mass is 9.49. The van der Waals surface area contributed by atoms with Crippen LogP contribution in [0.5, 0.6) is 0 Å². The van der Waals surface area contributed by atoms with E-state index in [1.165, 1.54) is 0 Å². The highest BCUT2D eigenvalue weighted by molar-refractivity contribution is 5.92. The molecule has 0 aromatic rings. The fraction of sp³-hybridized carbons (Fsp3) is 0.750. The molecule has 4 heteroatoms.